The second kappa shape index (κ2) is 8.04. The molecule has 0 saturated carbocycles. The zero-order valence-electron chi connectivity index (χ0n) is 11.3. The molecule has 1 aromatic carbocycles. The largest absolute Gasteiger partial charge is 1.00 e. The van der Waals surface area contributed by atoms with Crippen LogP contribution in [0.1, 0.15) is 18.6 Å². The van der Waals surface area contributed by atoms with Crippen LogP contribution in [-0.4, -0.2) is 26.2 Å². The fourth-order valence-corrected chi connectivity index (χ4v) is 1.43. The van der Waals surface area contributed by atoms with E-state index < -0.39 is 18.0 Å². The summed E-state index contributed by atoms with van der Waals surface area (Å²) in [4.78, 5) is 21.8. The molecule has 98 valence electrons. The zero-order chi connectivity index (χ0) is 13.7. The van der Waals surface area contributed by atoms with Crippen LogP contribution in [0.4, 0.5) is 0 Å². The van der Waals surface area contributed by atoms with Gasteiger partial charge in [0.15, 0.2) is 17.6 Å². The molecule has 19 heavy (non-hydrogen) atoms. The second-order valence-corrected chi connectivity index (χ2v) is 3.42. The van der Waals surface area contributed by atoms with Crippen LogP contribution in [0.5, 0.6) is 11.5 Å². The molecule has 0 unspecified atom stereocenters. The normalized spacial score (nSPS) is 10.9. The predicted molar refractivity (Wildman–Crippen MR) is 59.1 cm³/mol. The smallest absolute Gasteiger partial charge is 0.546 e. The van der Waals surface area contributed by atoms with Gasteiger partial charge in [-0.2, -0.15) is 0 Å². The minimum atomic E-state index is -1.50. The van der Waals surface area contributed by atoms with Crippen molar-refractivity contribution in [2.24, 2.45) is 0 Å². The Balaban J connectivity index is 0.00000324. The fraction of sp³-hybridized carbons (Fsp3) is 0.333. The number of esters is 1. The molecule has 0 aliphatic rings. The minimum Gasteiger partial charge on any atom is -0.546 e. The van der Waals surface area contributed by atoms with E-state index in [1.54, 1.807) is 0 Å². The second-order valence-electron chi connectivity index (χ2n) is 3.42. The zero-order valence-corrected chi connectivity index (χ0v) is 13.3. The number of benzene rings is 1. The van der Waals surface area contributed by atoms with Crippen molar-refractivity contribution in [1.29, 1.82) is 0 Å². The molecule has 0 bridgehead atoms. The van der Waals surface area contributed by atoms with Gasteiger partial charge in [0.05, 0.1) is 20.2 Å². The van der Waals surface area contributed by atoms with E-state index in [2.05, 4.69) is 4.74 Å². The molecular weight excluding hydrogens is 263 g/mol. The first-order chi connectivity index (χ1) is 8.49. The first-order valence-corrected chi connectivity index (χ1v) is 5.09. The number of methoxy groups -OCH3 is 2. The van der Waals surface area contributed by atoms with Crippen LogP contribution in [-0.2, 0) is 14.3 Å². The number of carbonyl (C=O) groups excluding carboxylic acids is 2. The molecule has 0 aromatic heterocycles. The first kappa shape index (κ1) is 17.8. The van der Waals surface area contributed by atoms with Crippen molar-refractivity contribution in [2.45, 2.75) is 13.0 Å². The summed E-state index contributed by atoms with van der Waals surface area (Å²) in [6.07, 6.45) is -1.47. The molecule has 0 heterocycles. The molecule has 0 aliphatic heterocycles. The third-order valence-corrected chi connectivity index (χ3v) is 2.21. The first-order valence-electron chi connectivity index (χ1n) is 5.09. The summed E-state index contributed by atoms with van der Waals surface area (Å²) in [5.41, 5.74) is 0.239. The van der Waals surface area contributed by atoms with Gasteiger partial charge in [-0.05, 0) is 12.1 Å². The van der Waals surface area contributed by atoms with Gasteiger partial charge in [-0.15, -0.1) is 0 Å². The standard InChI is InChI=1S/C12H14O6.Na/c1-7(13)18-11(12(14)15)8-4-5-9(16-2)10(6-8)17-3;/h4-6,11H,1-3H3,(H,14,15);/q;+1/p-1/t11-;/m1./s1. The SMILES string of the molecule is COc1ccc([C@@H](OC(C)=O)C(=O)[O-])cc1OC.[Na+]. The quantitative estimate of drug-likeness (QED) is 0.422. The van der Waals surface area contributed by atoms with Crippen molar-refractivity contribution in [3.8, 4) is 11.5 Å². The van der Waals surface area contributed by atoms with Crippen molar-refractivity contribution in [2.75, 3.05) is 14.2 Å². The number of ether oxygens (including phenoxy) is 3. The minimum absolute atomic E-state index is 0. The van der Waals surface area contributed by atoms with Gasteiger partial charge in [0.2, 0.25) is 0 Å². The van der Waals surface area contributed by atoms with E-state index in [9.17, 15) is 14.7 Å². The van der Waals surface area contributed by atoms with Crippen molar-refractivity contribution < 1.29 is 58.5 Å². The molecule has 1 atom stereocenters. The molecule has 0 aliphatic carbocycles. The molecule has 0 spiro atoms. The van der Waals surface area contributed by atoms with Crippen LogP contribution in [0.15, 0.2) is 18.2 Å². The Bertz CT molecular complexity index is 460. The predicted octanol–water partition coefficient (Wildman–Crippen LogP) is -2.94. The number of hydrogen-bond acceptors (Lipinski definition) is 6. The maximum atomic E-state index is 10.9. The number of carboxylic acids is 1. The summed E-state index contributed by atoms with van der Waals surface area (Å²) >= 11 is 0. The Hall–Kier alpha value is -1.24. The Morgan fingerprint density at radius 3 is 2.16 bits per heavy atom. The van der Waals surface area contributed by atoms with Crippen LogP contribution < -0.4 is 44.1 Å². The van der Waals surface area contributed by atoms with Crippen molar-refractivity contribution in [3.05, 3.63) is 23.8 Å². The van der Waals surface area contributed by atoms with Gasteiger partial charge in [-0.25, -0.2) is 0 Å². The van der Waals surface area contributed by atoms with E-state index >= 15 is 0 Å². The summed E-state index contributed by atoms with van der Waals surface area (Å²) in [7, 11) is 2.88. The van der Waals surface area contributed by atoms with E-state index in [4.69, 9.17) is 9.47 Å². The van der Waals surface area contributed by atoms with Crippen LogP contribution in [0.2, 0.25) is 0 Å². The number of carbonyl (C=O) groups is 2. The van der Waals surface area contributed by atoms with Gasteiger partial charge in [0.25, 0.3) is 0 Å². The maximum Gasteiger partial charge on any atom is 1.00 e. The monoisotopic (exact) mass is 276 g/mol. The van der Waals surface area contributed by atoms with Crippen LogP contribution in [0.3, 0.4) is 0 Å². The van der Waals surface area contributed by atoms with Gasteiger partial charge in [0.1, 0.15) is 0 Å². The average molecular weight is 276 g/mol. The third-order valence-electron chi connectivity index (χ3n) is 2.21. The molecule has 7 heteroatoms. The van der Waals surface area contributed by atoms with Crippen molar-refractivity contribution in [3.63, 3.8) is 0 Å². The summed E-state index contributed by atoms with van der Waals surface area (Å²) < 4.78 is 14.7. The van der Waals surface area contributed by atoms with E-state index in [0.29, 0.717) is 11.5 Å². The number of aliphatic carboxylic acids is 1. The van der Waals surface area contributed by atoms with Gasteiger partial charge < -0.3 is 24.1 Å². The third kappa shape index (κ3) is 4.74. The Morgan fingerprint density at radius 1 is 1.16 bits per heavy atom. The molecule has 0 saturated heterocycles. The topological polar surface area (TPSA) is 84.9 Å². The van der Waals surface area contributed by atoms with Gasteiger partial charge in [0, 0.05) is 12.5 Å². The van der Waals surface area contributed by atoms with Gasteiger partial charge in [-0.1, -0.05) is 6.07 Å². The molecular formula is C12H13NaO6. The molecule has 6 nitrogen and oxygen atoms in total. The van der Waals surface area contributed by atoms with Crippen LogP contribution >= 0.6 is 0 Å². The Morgan fingerprint density at radius 2 is 1.74 bits per heavy atom. The van der Waals surface area contributed by atoms with Crippen molar-refractivity contribution >= 4 is 11.9 Å². The number of rotatable bonds is 5. The van der Waals surface area contributed by atoms with E-state index in [1.165, 1.54) is 32.4 Å². The molecule has 1 aromatic rings. The summed E-state index contributed by atoms with van der Waals surface area (Å²) in [5.74, 6) is -1.43. The Kier molecular flexibility index (Phi) is 7.51. The maximum absolute atomic E-state index is 10.9. The summed E-state index contributed by atoms with van der Waals surface area (Å²) in [6.45, 7) is 1.12. The number of carboxylic acid groups (broad SMARTS) is 1. The van der Waals surface area contributed by atoms with Crippen molar-refractivity contribution in [1.82, 2.24) is 0 Å². The average Bonchev–Trinajstić information content (AvgIpc) is 2.34. The molecule has 0 amide bonds. The molecule has 0 radical (unpaired) electrons. The molecule has 0 N–H and O–H groups in total. The Labute approximate surface area is 132 Å². The fourth-order valence-electron chi connectivity index (χ4n) is 1.43. The van der Waals surface area contributed by atoms with E-state index in [-0.39, 0.29) is 35.1 Å². The molecule has 0 fully saturated rings. The number of hydrogen-bond donors (Lipinski definition) is 0. The summed E-state index contributed by atoms with van der Waals surface area (Å²) in [5, 5.41) is 10.9. The van der Waals surface area contributed by atoms with Crippen LogP contribution in [0.25, 0.3) is 0 Å². The molecule has 1 rings (SSSR count). The van der Waals surface area contributed by atoms with E-state index in [1.807, 2.05) is 0 Å². The van der Waals surface area contributed by atoms with Gasteiger partial charge in [-0.3, -0.25) is 4.79 Å². The summed E-state index contributed by atoms with van der Waals surface area (Å²) in [6, 6.07) is 4.40. The van der Waals surface area contributed by atoms with E-state index in [0.717, 1.165) is 6.92 Å². The van der Waals surface area contributed by atoms with Crippen LogP contribution in [0, 0.1) is 0 Å². The van der Waals surface area contributed by atoms with Gasteiger partial charge >= 0.3 is 35.5 Å².